The van der Waals surface area contributed by atoms with E-state index in [1.165, 1.54) is 70.6 Å². The van der Waals surface area contributed by atoms with Gasteiger partial charge in [0.05, 0.1) is 11.4 Å². The average molecular weight is 435 g/mol. The van der Waals surface area contributed by atoms with Crippen LogP contribution in [0.3, 0.4) is 0 Å². The minimum absolute atomic E-state index is 0.169. The molecule has 0 aromatic heterocycles. The monoisotopic (exact) mass is 434 g/mol. The van der Waals surface area contributed by atoms with Gasteiger partial charge >= 0.3 is 0 Å². The van der Waals surface area contributed by atoms with Gasteiger partial charge < -0.3 is 5.11 Å². The fourth-order valence-corrected chi connectivity index (χ4v) is 4.93. The number of hydrogen-bond acceptors (Lipinski definition) is 3. The average Bonchev–Trinajstić information content (AvgIpc) is 2.65. The van der Waals surface area contributed by atoms with Crippen molar-refractivity contribution in [1.29, 1.82) is 0 Å². The zero-order valence-corrected chi connectivity index (χ0v) is 20.2. The highest BCUT2D eigenvalue weighted by atomic mass is 32.2. The van der Waals surface area contributed by atoms with Crippen molar-refractivity contribution in [2.45, 2.75) is 154 Å². The van der Waals surface area contributed by atoms with Crippen molar-refractivity contribution in [3.63, 3.8) is 0 Å². The highest BCUT2D eigenvalue weighted by Gasteiger charge is 2.21. The van der Waals surface area contributed by atoms with E-state index in [1.807, 2.05) is 6.92 Å². The van der Waals surface area contributed by atoms with Gasteiger partial charge in [0, 0.05) is 0 Å². The Kier molecular flexibility index (Phi) is 19.7. The molecule has 2 unspecified atom stereocenters. The maximum atomic E-state index is 11.6. The van der Waals surface area contributed by atoms with Crippen molar-refractivity contribution < 1.29 is 18.1 Å². The number of unbranched alkanes of at least 4 members (excludes halogenated alkanes) is 15. The molecule has 0 amide bonds. The molecule has 0 rings (SSSR count). The minimum Gasteiger partial charge on any atom is -0.393 e. The van der Waals surface area contributed by atoms with Crippen LogP contribution in [-0.2, 0) is 10.1 Å². The summed E-state index contributed by atoms with van der Waals surface area (Å²) in [7, 11) is -3.90. The molecule has 2 atom stereocenters. The first-order valence-corrected chi connectivity index (χ1v) is 14.0. The zero-order chi connectivity index (χ0) is 21.8. The van der Waals surface area contributed by atoms with Crippen LogP contribution in [0.15, 0.2) is 0 Å². The molecule has 4 nitrogen and oxygen atoms in total. The van der Waals surface area contributed by atoms with Gasteiger partial charge in [0.1, 0.15) is 0 Å². The Hall–Kier alpha value is -0.130. The Morgan fingerprint density at radius 2 is 0.897 bits per heavy atom. The highest BCUT2D eigenvalue weighted by molar-refractivity contribution is 7.86. The second-order valence-electron chi connectivity index (χ2n) is 9.01. The number of aliphatic hydroxyl groups excluding tert-OH is 1. The summed E-state index contributed by atoms with van der Waals surface area (Å²) >= 11 is 0. The standard InChI is InChI=1S/C24H50O4S/c1-3-4-5-6-7-12-15-18-21-24(29(26,27)28)22-19-16-13-10-8-9-11-14-17-20-23(2)25/h23-25H,3-22H2,1-2H3,(H,26,27,28). The van der Waals surface area contributed by atoms with Crippen molar-refractivity contribution in [3.05, 3.63) is 0 Å². The van der Waals surface area contributed by atoms with E-state index in [4.69, 9.17) is 0 Å². The third-order valence-corrected chi connectivity index (χ3v) is 7.26. The molecule has 5 heteroatoms. The summed E-state index contributed by atoms with van der Waals surface area (Å²) in [5, 5.41) is 8.66. The Labute approximate surface area is 182 Å². The molecule has 2 N–H and O–H groups in total. The molecule has 0 aliphatic rings. The first kappa shape index (κ1) is 28.9. The quantitative estimate of drug-likeness (QED) is 0.137. The van der Waals surface area contributed by atoms with Gasteiger partial charge in [0.25, 0.3) is 10.1 Å². The van der Waals surface area contributed by atoms with Crippen LogP contribution in [0.5, 0.6) is 0 Å². The number of rotatable bonds is 22. The van der Waals surface area contributed by atoms with Crippen LogP contribution < -0.4 is 0 Å². The Bertz CT molecular complexity index is 434. The Morgan fingerprint density at radius 1 is 0.586 bits per heavy atom. The van der Waals surface area contributed by atoms with E-state index in [0.717, 1.165) is 44.9 Å². The smallest absolute Gasteiger partial charge is 0.267 e. The summed E-state index contributed by atoms with van der Waals surface area (Å²) in [4.78, 5) is 0. The molecule has 0 aromatic rings. The lowest BCUT2D eigenvalue weighted by Gasteiger charge is -2.13. The molecule has 0 fully saturated rings. The first-order valence-electron chi connectivity index (χ1n) is 12.5. The summed E-state index contributed by atoms with van der Waals surface area (Å²) in [5.41, 5.74) is 0. The fraction of sp³-hybridized carbons (Fsp3) is 1.00. The van der Waals surface area contributed by atoms with E-state index in [2.05, 4.69) is 6.92 Å². The summed E-state index contributed by atoms with van der Waals surface area (Å²) in [6.07, 6.45) is 22.0. The van der Waals surface area contributed by atoms with Crippen LogP contribution in [0.4, 0.5) is 0 Å². The van der Waals surface area contributed by atoms with Crippen molar-refractivity contribution in [2.24, 2.45) is 0 Å². The molecule has 0 aromatic carbocycles. The van der Waals surface area contributed by atoms with E-state index in [1.54, 1.807) is 0 Å². The molecule has 0 radical (unpaired) electrons. The summed E-state index contributed by atoms with van der Waals surface area (Å²) in [5.74, 6) is 0. The predicted molar refractivity (Wildman–Crippen MR) is 125 cm³/mol. The largest absolute Gasteiger partial charge is 0.393 e. The van der Waals surface area contributed by atoms with Crippen LogP contribution in [-0.4, -0.2) is 29.4 Å². The normalized spacial score (nSPS) is 14.2. The number of aliphatic hydroxyl groups is 1. The van der Waals surface area contributed by atoms with E-state index in [9.17, 15) is 18.1 Å². The molecular formula is C24H50O4S. The van der Waals surface area contributed by atoms with Gasteiger partial charge in [-0.1, -0.05) is 116 Å². The molecule has 0 aliphatic heterocycles. The van der Waals surface area contributed by atoms with Gasteiger partial charge in [0.15, 0.2) is 0 Å². The molecule has 29 heavy (non-hydrogen) atoms. The SMILES string of the molecule is CCCCCCCCCCC(CCCCCCCCCCCC(C)O)S(=O)(=O)O. The second-order valence-corrected chi connectivity index (χ2v) is 10.7. The first-order chi connectivity index (χ1) is 13.9. The second kappa shape index (κ2) is 19.8. The van der Waals surface area contributed by atoms with Gasteiger partial charge in [-0.05, 0) is 26.2 Å². The van der Waals surface area contributed by atoms with Crippen LogP contribution in [0.25, 0.3) is 0 Å². The van der Waals surface area contributed by atoms with E-state index in [-0.39, 0.29) is 6.10 Å². The van der Waals surface area contributed by atoms with E-state index in [0.29, 0.717) is 12.8 Å². The Morgan fingerprint density at radius 3 is 1.21 bits per heavy atom. The molecule has 0 saturated heterocycles. The van der Waals surface area contributed by atoms with E-state index >= 15 is 0 Å². The van der Waals surface area contributed by atoms with Crippen molar-refractivity contribution in [2.75, 3.05) is 0 Å². The maximum absolute atomic E-state index is 11.6. The molecule has 0 spiro atoms. The van der Waals surface area contributed by atoms with Crippen molar-refractivity contribution in [3.8, 4) is 0 Å². The van der Waals surface area contributed by atoms with Gasteiger partial charge in [-0.3, -0.25) is 4.55 Å². The van der Waals surface area contributed by atoms with Gasteiger partial charge in [-0.2, -0.15) is 8.42 Å². The third-order valence-electron chi connectivity index (χ3n) is 5.95. The predicted octanol–water partition coefficient (Wildman–Crippen LogP) is 7.45. The molecule has 0 heterocycles. The summed E-state index contributed by atoms with van der Waals surface area (Å²) < 4.78 is 32.8. The topological polar surface area (TPSA) is 74.6 Å². The van der Waals surface area contributed by atoms with Gasteiger partial charge in [-0.25, -0.2) is 0 Å². The van der Waals surface area contributed by atoms with Crippen molar-refractivity contribution >= 4 is 10.1 Å². The lowest BCUT2D eigenvalue weighted by Crippen LogP contribution is -2.20. The molecular weight excluding hydrogens is 384 g/mol. The third kappa shape index (κ3) is 20.9. The summed E-state index contributed by atoms with van der Waals surface area (Å²) in [6.45, 7) is 4.07. The fourth-order valence-electron chi connectivity index (χ4n) is 4.00. The molecule has 0 aliphatic carbocycles. The molecule has 0 bridgehead atoms. The lowest BCUT2D eigenvalue weighted by atomic mass is 10.0. The highest BCUT2D eigenvalue weighted by Crippen LogP contribution is 2.19. The molecule has 176 valence electrons. The number of hydrogen-bond donors (Lipinski definition) is 2. The Balaban J connectivity index is 3.63. The van der Waals surface area contributed by atoms with Crippen LogP contribution >= 0.6 is 0 Å². The van der Waals surface area contributed by atoms with Crippen molar-refractivity contribution in [1.82, 2.24) is 0 Å². The van der Waals surface area contributed by atoms with Crippen LogP contribution in [0.1, 0.15) is 142 Å². The van der Waals surface area contributed by atoms with Gasteiger partial charge in [-0.15, -0.1) is 0 Å². The van der Waals surface area contributed by atoms with Crippen LogP contribution in [0.2, 0.25) is 0 Å². The zero-order valence-electron chi connectivity index (χ0n) is 19.4. The summed E-state index contributed by atoms with van der Waals surface area (Å²) in [6, 6.07) is 0. The lowest BCUT2D eigenvalue weighted by molar-refractivity contribution is 0.180. The van der Waals surface area contributed by atoms with Gasteiger partial charge in [0.2, 0.25) is 0 Å². The van der Waals surface area contributed by atoms with E-state index < -0.39 is 15.4 Å². The minimum atomic E-state index is -3.90. The maximum Gasteiger partial charge on any atom is 0.267 e. The molecule has 0 saturated carbocycles. The van der Waals surface area contributed by atoms with Crippen LogP contribution in [0, 0.1) is 0 Å².